The van der Waals surface area contributed by atoms with Gasteiger partial charge in [-0.2, -0.15) is 0 Å². The summed E-state index contributed by atoms with van der Waals surface area (Å²) >= 11 is 0. The fourth-order valence-corrected chi connectivity index (χ4v) is 3.28. The lowest BCUT2D eigenvalue weighted by atomic mass is 10.0. The molecule has 22 heavy (non-hydrogen) atoms. The molecule has 1 amide bonds. The fraction of sp³-hybridized carbons (Fsp3) is 0.467. The number of hydrogen-bond donors (Lipinski definition) is 1. The first-order chi connectivity index (χ1) is 10.4. The average molecular weight is 324 g/mol. The van der Waals surface area contributed by atoms with Crippen molar-refractivity contribution in [3.63, 3.8) is 0 Å². The van der Waals surface area contributed by atoms with E-state index in [2.05, 4.69) is 10.5 Å². The molecule has 0 unspecified atom stereocenters. The summed E-state index contributed by atoms with van der Waals surface area (Å²) in [5, 5.41) is 6.61. The van der Waals surface area contributed by atoms with Gasteiger partial charge in [0.05, 0.1) is 11.5 Å². The molecule has 2 atom stereocenters. The highest BCUT2D eigenvalue weighted by atomic mass is 32.2. The summed E-state index contributed by atoms with van der Waals surface area (Å²) in [5.74, 6) is -0.351. The Morgan fingerprint density at radius 3 is 2.73 bits per heavy atom. The molecule has 1 N–H and O–H groups in total. The summed E-state index contributed by atoms with van der Waals surface area (Å²) in [6, 6.07) is 9.03. The molecular weight excluding hydrogens is 304 g/mol. The highest BCUT2D eigenvalue weighted by molar-refractivity contribution is 7.91. The molecule has 1 aromatic rings. The number of benzene rings is 1. The van der Waals surface area contributed by atoms with Gasteiger partial charge in [0.25, 0.3) is 5.91 Å². The molecule has 0 saturated carbocycles. The predicted molar refractivity (Wildman–Crippen MR) is 84.4 cm³/mol. The van der Waals surface area contributed by atoms with Crippen molar-refractivity contribution in [3.05, 3.63) is 35.9 Å². The lowest BCUT2D eigenvalue weighted by Gasteiger charge is -2.15. The van der Waals surface area contributed by atoms with Gasteiger partial charge in [0, 0.05) is 18.2 Å². The Kier molecular flexibility index (Phi) is 5.18. The third-order valence-corrected chi connectivity index (χ3v) is 5.29. The van der Waals surface area contributed by atoms with Crippen LogP contribution in [-0.2, 0) is 19.5 Å². The standard InChI is InChI=1S/C15H20N2O4S/c1-3-22(19,20)10-11(2)16-15(18)14-9-13(17-21-14)12-7-5-4-6-8-12/h4-8,11,14H,3,9-10H2,1-2H3,(H,16,18)/t11-,14+/m0/s1. The molecule has 1 aromatic carbocycles. The fourth-order valence-electron chi connectivity index (χ4n) is 2.20. The molecule has 1 heterocycles. The third kappa shape index (κ3) is 4.30. The number of hydrogen-bond acceptors (Lipinski definition) is 5. The number of sulfone groups is 1. The Balaban J connectivity index is 1.88. The van der Waals surface area contributed by atoms with Gasteiger partial charge in [0.15, 0.2) is 9.84 Å². The Morgan fingerprint density at radius 2 is 2.09 bits per heavy atom. The minimum absolute atomic E-state index is 0.0639. The Hall–Kier alpha value is -1.89. The van der Waals surface area contributed by atoms with E-state index in [4.69, 9.17) is 4.84 Å². The molecule has 0 saturated heterocycles. The van der Waals surface area contributed by atoms with E-state index in [-0.39, 0.29) is 17.4 Å². The van der Waals surface area contributed by atoms with Gasteiger partial charge in [-0.15, -0.1) is 0 Å². The average Bonchev–Trinajstić information content (AvgIpc) is 2.97. The van der Waals surface area contributed by atoms with Gasteiger partial charge < -0.3 is 10.2 Å². The molecule has 0 bridgehead atoms. The summed E-state index contributed by atoms with van der Waals surface area (Å²) < 4.78 is 23.1. The monoisotopic (exact) mass is 324 g/mol. The summed E-state index contributed by atoms with van der Waals surface area (Å²) in [6.45, 7) is 3.25. The van der Waals surface area contributed by atoms with Crippen LogP contribution in [0, 0.1) is 0 Å². The number of carbonyl (C=O) groups excluding carboxylic acids is 1. The number of carbonyl (C=O) groups is 1. The minimum Gasteiger partial charge on any atom is -0.382 e. The van der Waals surface area contributed by atoms with Crippen LogP contribution in [0.25, 0.3) is 0 Å². The molecule has 7 heteroatoms. The van der Waals surface area contributed by atoms with Crippen molar-refractivity contribution in [2.24, 2.45) is 5.16 Å². The molecule has 0 spiro atoms. The summed E-state index contributed by atoms with van der Waals surface area (Å²) in [6.07, 6.45) is -0.328. The van der Waals surface area contributed by atoms with E-state index in [1.165, 1.54) is 0 Å². The maximum Gasteiger partial charge on any atom is 0.264 e. The van der Waals surface area contributed by atoms with E-state index >= 15 is 0 Å². The van der Waals surface area contributed by atoms with Crippen molar-refractivity contribution >= 4 is 21.5 Å². The number of amides is 1. The molecule has 2 rings (SSSR count). The Bertz CT molecular complexity index is 655. The van der Waals surface area contributed by atoms with Crippen LogP contribution in [0.15, 0.2) is 35.5 Å². The largest absolute Gasteiger partial charge is 0.382 e. The van der Waals surface area contributed by atoms with Crippen LogP contribution in [0.2, 0.25) is 0 Å². The van der Waals surface area contributed by atoms with Crippen LogP contribution < -0.4 is 5.32 Å². The maximum absolute atomic E-state index is 12.1. The van der Waals surface area contributed by atoms with Crippen LogP contribution in [0.3, 0.4) is 0 Å². The molecule has 120 valence electrons. The van der Waals surface area contributed by atoms with Crippen LogP contribution in [-0.4, -0.2) is 43.7 Å². The second-order valence-electron chi connectivity index (χ2n) is 5.31. The lowest BCUT2D eigenvalue weighted by molar-refractivity contribution is -0.131. The van der Waals surface area contributed by atoms with Crippen LogP contribution in [0.4, 0.5) is 0 Å². The number of nitrogens with zero attached hydrogens (tertiary/aromatic N) is 1. The van der Waals surface area contributed by atoms with Crippen molar-refractivity contribution in [2.45, 2.75) is 32.4 Å². The maximum atomic E-state index is 12.1. The van der Waals surface area contributed by atoms with Gasteiger partial charge in [-0.1, -0.05) is 42.4 Å². The third-order valence-electron chi connectivity index (χ3n) is 3.40. The van der Waals surface area contributed by atoms with Crippen molar-refractivity contribution < 1.29 is 18.0 Å². The van der Waals surface area contributed by atoms with Crippen molar-refractivity contribution in [1.82, 2.24) is 5.32 Å². The Labute approximate surface area is 130 Å². The SMILES string of the molecule is CCS(=O)(=O)C[C@H](C)NC(=O)[C@H]1CC(c2ccccc2)=NO1. The quantitative estimate of drug-likeness (QED) is 0.850. The number of nitrogens with one attached hydrogen (secondary N) is 1. The highest BCUT2D eigenvalue weighted by Crippen LogP contribution is 2.16. The molecule has 0 aliphatic carbocycles. The summed E-state index contributed by atoms with van der Waals surface area (Å²) in [5.41, 5.74) is 1.63. The first kappa shape index (κ1) is 16.5. The topological polar surface area (TPSA) is 84.8 Å². The molecule has 6 nitrogen and oxygen atoms in total. The number of rotatable bonds is 6. The predicted octanol–water partition coefficient (Wildman–Crippen LogP) is 1.12. The second-order valence-corrected chi connectivity index (χ2v) is 7.71. The number of oxime groups is 1. The van der Waals surface area contributed by atoms with Gasteiger partial charge in [0.1, 0.15) is 0 Å². The molecule has 0 fully saturated rings. The van der Waals surface area contributed by atoms with Crippen molar-refractivity contribution in [1.29, 1.82) is 0 Å². The Morgan fingerprint density at radius 1 is 1.41 bits per heavy atom. The van der Waals surface area contributed by atoms with Gasteiger partial charge in [0.2, 0.25) is 6.10 Å². The molecule has 0 aromatic heterocycles. The van der Waals surface area contributed by atoms with Crippen LogP contribution >= 0.6 is 0 Å². The molecule has 1 aliphatic heterocycles. The summed E-state index contributed by atoms with van der Waals surface area (Å²) in [7, 11) is -3.13. The van der Waals surface area contributed by atoms with E-state index in [9.17, 15) is 13.2 Å². The molecule has 0 radical (unpaired) electrons. The van der Waals surface area contributed by atoms with Crippen LogP contribution in [0.5, 0.6) is 0 Å². The lowest BCUT2D eigenvalue weighted by Crippen LogP contribution is -2.43. The first-order valence-corrected chi connectivity index (χ1v) is 9.02. The smallest absolute Gasteiger partial charge is 0.264 e. The van der Waals surface area contributed by atoms with Gasteiger partial charge in [-0.05, 0) is 12.5 Å². The second kappa shape index (κ2) is 6.91. The normalized spacial score (nSPS) is 19.2. The zero-order chi connectivity index (χ0) is 16.2. The van der Waals surface area contributed by atoms with E-state index in [1.54, 1.807) is 13.8 Å². The van der Waals surface area contributed by atoms with E-state index in [0.29, 0.717) is 6.42 Å². The van der Waals surface area contributed by atoms with E-state index in [0.717, 1.165) is 11.3 Å². The zero-order valence-corrected chi connectivity index (χ0v) is 13.5. The minimum atomic E-state index is -3.13. The van der Waals surface area contributed by atoms with Gasteiger partial charge >= 0.3 is 0 Å². The summed E-state index contributed by atoms with van der Waals surface area (Å²) in [4.78, 5) is 17.3. The zero-order valence-electron chi connectivity index (χ0n) is 12.7. The van der Waals surface area contributed by atoms with Crippen molar-refractivity contribution in [3.8, 4) is 0 Å². The first-order valence-electron chi connectivity index (χ1n) is 7.20. The van der Waals surface area contributed by atoms with E-state index < -0.39 is 22.0 Å². The van der Waals surface area contributed by atoms with E-state index in [1.807, 2.05) is 30.3 Å². The van der Waals surface area contributed by atoms with Crippen molar-refractivity contribution in [2.75, 3.05) is 11.5 Å². The molecular formula is C15H20N2O4S. The van der Waals surface area contributed by atoms with Crippen LogP contribution in [0.1, 0.15) is 25.8 Å². The van der Waals surface area contributed by atoms with Gasteiger partial charge in [-0.25, -0.2) is 8.42 Å². The van der Waals surface area contributed by atoms with Gasteiger partial charge in [-0.3, -0.25) is 4.79 Å². The molecule has 1 aliphatic rings. The highest BCUT2D eigenvalue weighted by Gasteiger charge is 2.30.